The predicted molar refractivity (Wildman–Crippen MR) is 97.4 cm³/mol. The number of carbonyl (C=O) groups excluding carboxylic acids is 2. The highest BCUT2D eigenvalue weighted by atomic mass is 35.5. The van der Waals surface area contributed by atoms with E-state index in [1.165, 1.54) is 30.7 Å². The second-order valence-corrected chi connectivity index (χ2v) is 5.15. The molecular weight excluding hydrogens is 365 g/mol. The van der Waals surface area contributed by atoms with Gasteiger partial charge >= 0.3 is 0 Å². The summed E-state index contributed by atoms with van der Waals surface area (Å²) in [5.41, 5.74) is 0.546. The summed E-state index contributed by atoms with van der Waals surface area (Å²) in [5, 5.41) is 8.32. The fourth-order valence-corrected chi connectivity index (χ4v) is 2.06. The van der Waals surface area contributed by atoms with Crippen LogP contribution >= 0.6 is 12.4 Å². The number of hydrogen-bond donors (Lipinski definition) is 3. The number of hydrogen-bond acceptors (Lipinski definition) is 5. The van der Waals surface area contributed by atoms with Crippen LogP contribution in [0.1, 0.15) is 20.7 Å². The fourth-order valence-electron chi connectivity index (χ4n) is 2.06. The lowest BCUT2D eigenvalue weighted by atomic mass is 10.1. The van der Waals surface area contributed by atoms with Gasteiger partial charge < -0.3 is 25.1 Å². The monoisotopic (exact) mass is 385 g/mol. The van der Waals surface area contributed by atoms with Crippen LogP contribution in [0.5, 0.6) is 0 Å². The third-order valence-electron chi connectivity index (χ3n) is 3.33. The summed E-state index contributed by atoms with van der Waals surface area (Å²) in [6.45, 7) is 2.20. The van der Waals surface area contributed by atoms with Crippen molar-refractivity contribution in [2.24, 2.45) is 0 Å². The largest absolute Gasteiger partial charge is 0.472 e. The van der Waals surface area contributed by atoms with E-state index >= 15 is 0 Å². The van der Waals surface area contributed by atoms with E-state index in [0.29, 0.717) is 26.2 Å². The van der Waals surface area contributed by atoms with Crippen molar-refractivity contribution in [2.45, 2.75) is 0 Å². The van der Waals surface area contributed by atoms with Crippen molar-refractivity contribution in [3.05, 3.63) is 53.7 Å². The van der Waals surface area contributed by atoms with E-state index in [1.807, 2.05) is 0 Å². The van der Waals surface area contributed by atoms with Gasteiger partial charge in [-0.05, 0) is 24.3 Å². The Balaban J connectivity index is 0.00000338. The maximum absolute atomic E-state index is 13.5. The molecular formula is C17H21ClFN3O4. The lowest BCUT2D eigenvalue weighted by molar-refractivity contribution is 0.0954. The summed E-state index contributed by atoms with van der Waals surface area (Å²) in [4.78, 5) is 24.4. The van der Waals surface area contributed by atoms with Crippen LogP contribution in [-0.2, 0) is 4.74 Å². The number of nitrogens with one attached hydrogen (secondary N) is 3. The Labute approximate surface area is 156 Å². The van der Waals surface area contributed by atoms with Gasteiger partial charge in [-0.15, -0.1) is 12.4 Å². The number of amides is 2. The second kappa shape index (κ2) is 11.2. The van der Waals surface area contributed by atoms with Crippen molar-refractivity contribution in [3.63, 3.8) is 0 Å². The highest BCUT2D eigenvalue weighted by Crippen LogP contribution is 2.18. The van der Waals surface area contributed by atoms with Gasteiger partial charge in [0.1, 0.15) is 12.1 Å². The van der Waals surface area contributed by atoms with E-state index in [2.05, 4.69) is 16.0 Å². The molecule has 3 N–H and O–H groups in total. The van der Waals surface area contributed by atoms with Gasteiger partial charge in [0.05, 0.1) is 29.7 Å². The Morgan fingerprint density at radius 1 is 1.15 bits per heavy atom. The fraction of sp³-hybridized carbons (Fsp3) is 0.294. The summed E-state index contributed by atoms with van der Waals surface area (Å²) < 4.78 is 23.2. The van der Waals surface area contributed by atoms with Crippen LogP contribution in [0.25, 0.3) is 0 Å². The van der Waals surface area contributed by atoms with Crippen LogP contribution in [0.4, 0.5) is 10.1 Å². The molecule has 1 aromatic heterocycles. The average Bonchev–Trinajstić information content (AvgIpc) is 3.12. The SMILES string of the molecule is COCCNCCNC(=O)c1ccc(F)cc1NC(=O)c1ccoc1.Cl. The zero-order chi connectivity index (χ0) is 18.1. The Hall–Kier alpha value is -2.42. The van der Waals surface area contributed by atoms with Gasteiger partial charge in [0.15, 0.2) is 0 Å². The summed E-state index contributed by atoms with van der Waals surface area (Å²) in [6, 6.07) is 5.07. The van der Waals surface area contributed by atoms with Gasteiger partial charge in [-0.1, -0.05) is 0 Å². The predicted octanol–water partition coefficient (Wildman–Crippen LogP) is 2.06. The van der Waals surface area contributed by atoms with Crippen LogP contribution in [-0.4, -0.2) is 45.2 Å². The first kappa shape index (κ1) is 21.6. The molecule has 2 rings (SSSR count). The van der Waals surface area contributed by atoms with Crippen molar-refractivity contribution in [1.29, 1.82) is 0 Å². The van der Waals surface area contributed by atoms with Gasteiger partial charge in [0.25, 0.3) is 11.8 Å². The molecule has 0 saturated carbocycles. The number of anilines is 1. The van der Waals surface area contributed by atoms with Crippen molar-refractivity contribution >= 4 is 29.9 Å². The maximum Gasteiger partial charge on any atom is 0.258 e. The van der Waals surface area contributed by atoms with Gasteiger partial charge in [-0.3, -0.25) is 9.59 Å². The zero-order valence-electron chi connectivity index (χ0n) is 14.2. The highest BCUT2D eigenvalue weighted by Gasteiger charge is 2.15. The van der Waals surface area contributed by atoms with E-state index in [9.17, 15) is 14.0 Å². The summed E-state index contributed by atoms with van der Waals surface area (Å²) >= 11 is 0. The molecule has 0 aliphatic carbocycles. The quantitative estimate of drug-likeness (QED) is 0.574. The smallest absolute Gasteiger partial charge is 0.258 e. The molecule has 1 aromatic carbocycles. The van der Waals surface area contributed by atoms with E-state index in [-0.39, 0.29) is 29.2 Å². The zero-order valence-corrected chi connectivity index (χ0v) is 15.0. The van der Waals surface area contributed by atoms with Crippen LogP contribution in [0.15, 0.2) is 41.2 Å². The normalized spacial score (nSPS) is 10.1. The molecule has 0 spiro atoms. The van der Waals surface area contributed by atoms with Gasteiger partial charge in [0, 0.05) is 26.7 Å². The van der Waals surface area contributed by atoms with Crippen molar-refractivity contribution in [2.75, 3.05) is 38.7 Å². The number of furan rings is 1. The maximum atomic E-state index is 13.5. The third-order valence-corrected chi connectivity index (χ3v) is 3.33. The number of rotatable bonds is 9. The lowest BCUT2D eigenvalue weighted by Gasteiger charge is -2.11. The van der Waals surface area contributed by atoms with Gasteiger partial charge in [-0.25, -0.2) is 4.39 Å². The molecule has 0 saturated heterocycles. The number of benzene rings is 1. The van der Waals surface area contributed by atoms with Crippen molar-refractivity contribution in [3.8, 4) is 0 Å². The van der Waals surface area contributed by atoms with Crippen molar-refractivity contribution in [1.82, 2.24) is 10.6 Å². The molecule has 142 valence electrons. The molecule has 0 aliphatic rings. The first-order valence-corrected chi connectivity index (χ1v) is 7.72. The summed E-state index contributed by atoms with van der Waals surface area (Å²) in [6.07, 6.45) is 2.62. The lowest BCUT2D eigenvalue weighted by Crippen LogP contribution is -2.33. The molecule has 0 radical (unpaired) electrons. The summed E-state index contributed by atoms with van der Waals surface area (Å²) in [5.74, 6) is -1.45. The average molecular weight is 386 g/mol. The molecule has 7 nitrogen and oxygen atoms in total. The second-order valence-electron chi connectivity index (χ2n) is 5.15. The minimum Gasteiger partial charge on any atom is -0.472 e. The number of halogens is 2. The molecule has 9 heteroatoms. The Morgan fingerprint density at radius 3 is 2.65 bits per heavy atom. The number of carbonyl (C=O) groups is 2. The number of methoxy groups -OCH3 is 1. The Bertz CT molecular complexity index is 710. The van der Waals surface area contributed by atoms with Crippen LogP contribution < -0.4 is 16.0 Å². The first-order valence-electron chi connectivity index (χ1n) is 7.72. The Morgan fingerprint density at radius 2 is 1.96 bits per heavy atom. The molecule has 0 atom stereocenters. The van der Waals surface area contributed by atoms with Crippen LogP contribution in [0.3, 0.4) is 0 Å². The highest BCUT2D eigenvalue weighted by molar-refractivity contribution is 6.08. The molecule has 0 unspecified atom stereocenters. The van der Waals surface area contributed by atoms with E-state index < -0.39 is 17.6 Å². The first-order chi connectivity index (χ1) is 12.1. The van der Waals surface area contributed by atoms with Crippen LogP contribution in [0, 0.1) is 5.82 Å². The third kappa shape index (κ3) is 6.47. The minimum absolute atomic E-state index is 0. The Kier molecular flexibility index (Phi) is 9.35. The van der Waals surface area contributed by atoms with Gasteiger partial charge in [0.2, 0.25) is 0 Å². The molecule has 2 amide bonds. The molecule has 1 heterocycles. The molecule has 2 aromatic rings. The van der Waals surface area contributed by atoms with E-state index in [0.717, 1.165) is 6.07 Å². The van der Waals surface area contributed by atoms with Gasteiger partial charge in [-0.2, -0.15) is 0 Å². The summed E-state index contributed by atoms with van der Waals surface area (Å²) in [7, 11) is 1.61. The molecule has 26 heavy (non-hydrogen) atoms. The number of ether oxygens (including phenoxy) is 1. The molecule has 0 aliphatic heterocycles. The van der Waals surface area contributed by atoms with E-state index in [4.69, 9.17) is 9.15 Å². The molecule has 0 fully saturated rings. The standard InChI is InChI=1S/C17H20FN3O4.ClH/c1-24-9-7-19-5-6-20-17(23)14-3-2-13(18)10-15(14)21-16(22)12-4-8-25-11-12;/h2-4,8,10-11,19H,5-7,9H2,1H3,(H,20,23)(H,21,22);1H. The minimum atomic E-state index is -0.555. The van der Waals surface area contributed by atoms with Crippen molar-refractivity contribution < 1.29 is 23.1 Å². The molecule has 0 bridgehead atoms. The van der Waals surface area contributed by atoms with Crippen LogP contribution in [0.2, 0.25) is 0 Å². The topological polar surface area (TPSA) is 92.6 Å². The van der Waals surface area contributed by atoms with E-state index in [1.54, 1.807) is 7.11 Å².